The third-order valence-electron chi connectivity index (χ3n) is 1.96. The van der Waals surface area contributed by atoms with Crippen LogP contribution in [0.5, 0.6) is 0 Å². The zero-order chi connectivity index (χ0) is 12.2. The minimum absolute atomic E-state index is 0.126. The number of hydrogen-bond acceptors (Lipinski definition) is 1. The molecule has 0 amide bonds. The second-order valence-corrected chi connectivity index (χ2v) is 3.21. The molecular weight excluding hydrogens is 222 g/mol. The molecule has 0 fully saturated rings. The van der Waals surface area contributed by atoms with E-state index in [9.17, 15) is 17.6 Å². The summed E-state index contributed by atoms with van der Waals surface area (Å²) in [6, 6.07) is 2.44. The number of alkyl halides is 3. The van der Waals surface area contributed by atoms with E-state index in [0.717, 1.165) is 12.1 Å². The molecule has 88 valence electrons. The monoisotopic (exact) mass is 233 g/mol. The van der Waals surface area contributed by atoms with Gasteiger partial charge in [-0.05, 0) is 25.1 Å². The second-order valence-electron chi connectivity index (χ2n) is 3.21. The molecule has 1 aromatic rings. The van der Waals surface area contributed by atoms with E-state index in [1.54, 1.807) is 6.08 Å². The smallest absolute Gasteiger partial charge is 0.330 e. The van der Waals surface area contributed by atoms with Crippen molar-refractivity contribution in [1.29, 1.82) is 0 Å². The summed E-state index contributed by atoms with van der Waals surface area (Å²) in [6.07, 6.45) is -0.922. The second kappa shape index (κ2) is 5.12. The van der Waals surface area contributed by atoms with Crippen LogP contribution < -0.4 is 5.73 Å². The van der Waals surface area contributed by atoms with Crippen LogP contribution in [0.15, 0.2) is 24.3 Å². The van der Waals surface area contributed by atoms with E-state index in [2.05, 4.69) is 0 Å². The van der Waals surface area contributed by atoms with Crippen LogP contribution in [0.2, 0.25) is 0 Å². The van der Waals surface area contributed by atoms with Gasteiger partial charge in [-0.1, -0.05) is 18.2 Å². The molecule has 0 unspecified atom stereocenters. The lowest BCUT2D eigenvalue weighted by Gasteiger charge is -2.07. The molecule has 0 bridgehead atoms. The van der Waals surface area contributed by atoms with Crippen molar-refractivity contribution in [3.05, 3.63) is 41.2 Å². The molecule has 0 saturated carbocycles. The lowest BCUT2D eigenvalue weighted by Crippen LogP contribution is -2.05. The standard InChI is InChI=1S/C11H11F4N/c12-10-7-9(11(13,14)15)5-4-8(10)3-1-2-6-16/h1,3-5,7H,2,6,16H2. The number of halogens is 4. The van der Waals surface area contributed by atoms with E-state index in [-0.39, 0.29) is 5.56 Å². The van der Waals surface area contributed by atoms with Crippen LogP contribution in [0.4, 0.5) is 17.6 Å². The maximum absolute atomic E-state index is 13.2. The average molecular weight is 233 g/mol. The van der Waals surface area contributed by atoms with Gasteiger partial charge in [0.1, 0.15) is 5.82 Å². The van der Waals surface area contributed by atoms with E-state index in [1.165, 1.54) is 6.08 Å². The Hall–Kier alpha value is -1.36. The average Bonchev–Trinajstić information content (AvgIpc) is 2.19. The van der Waals surface area contributed by atoms with Gasteiger partial charge in [-0.15, -0.1) is 0 Å². The topological polar surface area (TPSA) is 26.0 Å². The van der Waals surface area contributed by atoms with Crippen molar-refractivity contribution >= 4 is 6.08 Å². The predicted molar refractivity (Wildman–Crippen MR) is 54.1 cm³/mol. The molecule has 0 radical (unpaired) electrons. The predicted octanol–water partition coefficient (Wildman–Crippen LogP) is 3.21. The minimum atomic E-state index is -4.51. The maximum Gasteiger partial charge on any atom is 0.416 e. The van der Waals surface area contributed by atoms with E-state index >= 15 is 0 Å². The van der Waals surface area contributed by atoms with Crippen molar-refractivity contribution in [2.75, 3.05) is 6.54 Å². The molecular formula is C11H11F4N. The summed E-state index contributed by atoms with van der Waals surface area (Å²) in [4.78, 5) is 0. The Balaban J connectivity index is 2.92. The Bertz CT molecular complexity index is 382. The lowest BCUT2D eigenvalue weighted by atomic mass is 10.1. The summed E-state index contributed by atoms with van der Waals surface area (Å²) in [5.41, 5.74) is 4.36. The third-order valence-corrected chi connectivity index (χ3v) is 1.96. The molecule has 0 aromatic heterocycles. The molecule has 2 N–H and O–H groups in total. The summed E-state index contributed by atoms with van der Waals surface area (Å²) in [5.74, 6) is -0.886. The zero-order valence-corrected chi connectivity index (χ0v) is 8.39. The summed E-state index contributed by atoms with van der Waals surface area (Å²) in [7, 11) is 0. The largest absolute Gasteiger partial charge is 0.416 e. The van der Waals surface area contributed by atoms with Gasteiger partial charge in [0, 0.05) is 5.56 Å². The minimum Gasteiger partial charge on any atom is -0.330 e. The van der Waals surface area contributed by atoms with Crippen LogP contribution in [0.25, 0.3) is 6.08 Å². The van der Waals surface area contributed by atoms with Crippen LogP contribution in [0.3, 0.4) is 0 Å². The van der Waals surface area contributed by atoms with Gasteiger partial charge in [-0.25, -0.2) is 4.39 Å². The van der Waals surface area contributed by atoms with Gasteiger partial charge in [0.15, 0.2) is 0 Å². The Morgan fingerprint density at radius 3 is 2.44 bits per heavy atom. The van der Waals surface area contributed by atoms with E-state index in [1.807, 2.05) is 0 Å². The quantitative estimate of drug-likeness (QED) is 0.797. The first-order valence-electron chi connectivity index (χ1n) is 4.68. The fourth-order valence-corrected chi connectivity index (χ4v) is 1.15. The van der Waals surface area contributed by atoms with Gasteiger partial charge in [0.25, 0.3) is 0 Å². The first-order valence-corrected chi connectivity index (χ1v) is 4.68. The number of rotatable bonds is 3. The highest BCUT2D eigenvalue weighted by molar-refractivity contribution is 5.50. The van der Waals surface area contributed by atoms with E-state index < -0.39 is 17.6 Å². The van der Waals surface area contributed by atoms with Gasteiger partial charge >= 0.3 is 6.18 Å². The molecule has 0 saturated heterocycles. The zero-order valence-electron chi connectivity index (χ0n) is 8.39. The maximum atomic E-state index is 13.2. The van der Waals surface area contributed by atoms with Gasteiger partial charge in [0.2, 0.25) is 0 Å². The molecule has 0 heterocycles. The van der Waals surface area contributed by atoms with E-state index in [0.29, 0.717) is 19.0 Å². The molecule has 0 aliphatic carbocycles. The van der Waals surface area contributed by atoms with Gasteiger partial charge in [0.05, 0.1) is 5.56 Å². The van der Waals surface area contributed by atoms with Crippen molar-refractivity contribution in [3.8, 4) is 0 Å². The number of nitrogens with two attached hydrogens (primary N) is 1. The highest BCUT2D eigenvalue weighted by Crippen LogP contribution is 2.30. The molecule has 1 aromatic carbocycles. The van der Waals surface area contributed by atoms with Crippen LogP contribution in [0, 0.1) is 5.82 Å². The first kappa shape index (κ1) is 12.7. The third kappa shape index (κ3) is 3.34. The molecule has 16 heavy (non-hydrogen) atoms. The molecule has 5 heteroatoms. The summed E-state index contributed by atoms with van der Waals surface area (Å²) in [6.45, 7) is 0.415. The molecule has 0 atom stereocenters. The van der Waals surface area contributed by atoms with Crippen molar-refractivity contribution in [3.63, 3.8) is 0 Å². The van der Waals surface area contributed by atoms with Crippen LogP contribution in [0.1, 0.15) is 17.5 Å². The SMILES string of the molecule is NCCC=Cc1ccc(C(F)(F)F)cc1F. The fraction of sp³-hybridized carbons (Fsp3) is 0.273. The van der Waals surface area contributed by atoms with Crippen molar-refractivity contribution < 1.29 is 17.6 Å². The summed E-state index contributed by atoms with van der Waals surface area (Å²) in [5, 5.41) is 0. The summed E-state index contributed by atoms with van der Waals surface area (Å²) >= 11 is 0. The molecule has 0 aliphatic rings. The highest BCUT2D eigenvalue weighted by Gasteiger charge is 2.30. The van der Waals surface area contributed by atoms with E-state index in [4.69, 9.17) is 5.73 Å². The molecule has 0 aliphatic heterocycles. The van der Waals surface area contributed by atoms with Crippen molar-refractivity contribution in [2.45, 2.75) is 12.6 Å². The van der Waals surface area contributed by atoms with Crippen molar-refractivity contribution in [2.24, 2.45) is 5.73 Å². The van der Waals surface area contributed by atoms with Crippen LogP contribution in [-0.2, 0) is 6.18 Å². The molecule has 1 nitrogen and oxygen atoms in total. The van der Waals surface area contributed by atoms with Crippen LogP contribution >= 0.6 is 0 Å². The Morgan fingerprint density at radius 1 is 1.25 bits per heavy atom. The van der Waals surface area contributed by atoms with Gasteiger partial charge < -0.3 is 5.73 Å². The normalized spacial score (nSPS) is 12.3. The van der Waals surface area contributed by atoms with Crippen molar-refractivity contribution in [1.82, 2.24) is 0 Å². The van der Waals surface area contributed by atoms with Gasteiger partial charge in [-0.2, -0.15) is 13.2 Å². The first-order chi connectivity index (χ1) is 7.45. The highest BCUT2D eigenvalue weighted by atomic mass is 19.4. The number of hydrogen-bond donors (Lipinski definition) is 1. The summed E-state index contributed by atoms with van der Waals surface area (Å²) < 4.78 is 49.8. The van der Waals surface area contributed by atoms with Crippen LogP contribution in [-0.4, -0.2) is 6.54 Å². The molecule has 1 rings (SSSR count). The lowest BCUT2D eigenvalue weighted by molar-refractivity contribution is -0.137. The Labute approximate surface area is 90.6 Å². The Morgan fingerprint density at radius 2 is 1.94 bits per heavy atom. The van der Waals surface area contributed by atoms with Gasteiger partial charge in [-0.3, -0.25) is 0 Å². The Kier molecular flexibility index (Phi) is 4.06. The fourth-order valence-electron chi connectivity index (χ4n) is 1.15. The number of benzene rings is 1. The molecule has 0 spiro atoms.